The van der Waals surface area contributed by atoms with Crippen molar-refractivity contribution >= 4 is 40.0 Å². The molecule has 0 saturated carbocycles. The molecule has 1 rings (SSSR count). The quantitative estimate of drug-likeness (QED) is 0.235. The summed E-state index contributed by atoms with van der Waals surface area (Å²) in [4.78, 5) is 4.63. The molecule has 0 atom stereocenters. The van der Waals surface area contributed by atoms with Crippen LogP contribution in [0.3, 0.4) is 0 Å². The van der Waals surface area contributed by atoms with Crippen LogP contribution in [0.4, 0.5) is 0 Å². The van der Waals surface area contributed by atoms with E-state index < -0.39 is 10.0 Å². The van der Waals surface area contributed by atoms with Gasteiger partial charge in [-0.25, -0.2) is 18.1 Å². The molecule has 0 aliphatic carbocycles. The van der Waals surface area contributed by atoms with Crippen LogP contribution in [0.25, 0.3) is 0 Å². The van der Waals surface area contributed by atoms with Gasteiger partial charge >= 0.3 is 0 Å². The zero-order valence-corrected chi connectivity index (χ0v) is 20.9. The normalized spacial score (nSPS) is 12.2. The number of benzene rings is 1. The van der Waals surface area contributed by atoms with Crippen molar-refractivity contribution < 1.29 is 8.42 Å². The highest BCUT2D eigenvalue weighted by Crippen LogP contribution is 2.09. The minimum absolute atomic E-state index is 0. The lowest BCUT2D eigenvalue weighted by Crippen LogP contribution is -2.39. The Bertz CT molecular complexity index is 672. The third-order valence-electron chi connectivity index (χ3n) is 4.27. The van der Waals surface area contributed by atoms with E-state index in [9.17, 15) is 8.42 Å². The Labute approximate surface area is 188 Å². The third-order valence-corrected chi connectivity index (χ3v) is 5.82. The summed E-state index contributed by atoms with van der Waals surface area (Å²) < 4.78 is 26.6. The maximum Gasteiger partial charge on any atom is 0.216 e. The van der Waals surface area contributed by atoms with Crippen molar-refractivity contribution in [2.24, 2.45) is 10.9 Å². The van der Waals surface area contributed by atoms with Crippen LogP contribution in [0.15, 0.2) is 29.3 Å². The molecular formula is C20H37IN4O2S. The van der Waals surface area contributed by atoms with Crippen LogP contribution in [-0.4, -0.2) is 33.5 Å². The molecule has 28 heavy (non-hydrogen) atoms. The van der Waals surface area contributed by atoms with Crippen LogP contribution in [0, 0.1) is 5.92 Å². The monoisotopic (exact) mass is 524 g/mol. The minimum Gasteiger partial charge on any atom is -0.357 e. The van der Waals surface area contributed by atoms with Gasteiger partial charge in [-0.3, -0.25) is 0 Å². The molecule has 0 amide bonds. The van der Waals surface area contributed by atoms with Gasteiger partial charge in [0, 0.05) is 19.1 Å². The fourth-order valence-electron chi connectivity index (χ4n) is 2.69. The summed E-state index contributed by atoms with van der Waals surface area (Å²) in [6.45, 7) is 12.4. The van der Waals surface area contributed by atoms with Gasteiger partial charge in [0.15, 0.2) is 5.96 Å². The van der Waals surface area contributed by atoms with Gasteiger partial charge in [-0.2, -0.15) is 0 Å². The molecule has 0 aromatic heterocycles. The molecule has 0 bridgehead atoms. The summed E-state index contributed by atoms with van der Waals surface area (Å²) in [6.07, 6.45) is 2.30. The maximum absolute atomic E-state index is 12.0. The molecule has 0 aliphatic rings. The Hall–Kier alpha value is -0.870. The number of hydrogen-bond donors (Lipinski definition) is 3. The molecule has 0 fully saturated rings. The molecule has 8 heteroatoms. The fraction of sp³-hybridized carbons (Fsp3) is 0.650. The second kappa shape index (κ2) is 14.2. The van der Waals surface area contributed by atoms with E-state index in [2.05, 4.69) is 41.1 Å². The zero-order chi connectivity index (χ0) is 20.3. The highest BCUT2D eigenvalue weighted by molar-refractivity contribution is 14.0. The largest absolute Gasteiger partial charge is 0.357 e. The molecule has 1 aromatic carbocycles. The maximum atomic E-state index is 12.0. The molecular weight excluding hydrogens is 487 g/mol. The van der Waals surface area contributed by atoms with Gasteiger partial charge in [0.25, 0.3) is 0 Å². The molecule has 0 spiro atoms. The minimum atomic E-state index is -3.30. The predicted molar refractivity (Wildman–Crippen MR) is 130 cm³/mol. The van der Waals surface area contributed by atoms with Crippen molar-refractivity contribution in [1.29, 1.82) is 0 Å². The van der Waals surface area contributed by atoms with E-state index in [1.807, 2.05) is 38.1 Å². The molecule has 0 unspecified atom stereocenters. The lowest BCUT2D eigenvalue weighted by atomic mass is 10.0. The average Bonchev–Trinajstić information content (AvgIpc) is 2.60. The van der Waals surface area contributed by atoms with Gasteiger partial charge in [-0.1, -0.05) is 51.0 Å². The Morgan fingerprint density at radius 1 is 1.00 bits per heavy atom. The second-order valence-electron chi connectivity index (χ2n) is 7.11. The molecule has 162 valence electrons. The van der Waals surface area contributed by atoms with Crippen LogP contribution in [0.1, 0.15) is 58.6 Å². The second-order valence-corrected chi connectivity index (χ2v) is 8.86. The first-order valence-electron chi connectivity index (χ1n) is 9.89. The summed E-state index contributed by atoms with van der Waals surface area (Å²) >= 11 is 0. The highest BCUT2D eigenvalue weighted by Gasteiger charge is 2.12. The number of nitrogens with zero attached hydrogens (tertiary/aromatic N) is 1. The van der Waals surface area contributed by atoms with Crippen LogP contribution in [-0.2, 0) is 22.3 Å². The number of nitrogens with one attached hydrogen (secondary N) is 3. The zero-order valence-electron chi connectivity index (χ0n) is 17.8. The Kier molecular flexibility index (Phi) is 13.7. The highest BCUT2D eigenvalue weighted by atomic mass is 127. The predicted octanol–water partition coefficient (Wildman–Crippen LogP) is 3.62. The summed E-state index contributed by atoms with van der Waals surface area (Å²) in [5, 5.41) is 6.67. The van der Waals surface area contributed by atoms with Crippen LogP contribution >= 0.6 is 24.0 Å². The van der Waals surface area contributed by atoms with Crippen molar-refractivity contribution in [1.82, 2.24) is 15.4 Å². The summed E-state index contributed by atoms with van der Waals surface area (Å²) in [5.74, 6) is 1.46. The van der Waals surface area contributed by atoms with Gasteiger partial charge in [-0.05, 0) is 37.8 Å². The van der Waals surface area contributed by atoms with Gasteiger partial charge in [0.1, 0.15) is 0 Å². The standard InChI is InChI=1S/C20H36N4O2S.HI/c1-6-17(7-2)13-22-20(21-8-3)23-14-18-9-11-19(12-10-18)15-27(25,26)24-16(4)5;/h9-12,16-17,24H,6-8,13-15H2,1-5H3,(H2,21,22,23);1H. The van der Waals surface area contributed by atoms with Gasteiger partial charge in [0.2, 0.25) is 10.0 Å². The fourth-order valence-corrected chi connectivity index (χ4v) is 4.12. The van der Waals surface area contributed by atoms with Crippen LogP contribution in [0.2, 0.25) is 0 Å². The van der Waals surface area contributed by atoms with Crippen LogP contribution in [0.5, 0.6) is 0 Å². The van der Waals surface area contributed by atoms with Crippen molar-refractivity contribution in [3.63, 3.8) is 0 Å². The Morgan fingerprint density at radius 2 is 1.57 bits per heavy atom. The molecule has 0 radical (unpaired) electrons. The van der Waals surface area contributed by atoms with Crippen molar-refractivity contribution in [2.45, 2.75) is 65.8 Å². The number of guanidine groups is 1. The lowest BCUT2D eigenvalue weighted by Gasteiger charge is -2.16. The number of sulfonamides is 1. The molecule has 0 aliphatic heterocycles. The Morgan fingerprint density at radius 3 is 2.07 bits per heavy atom. The molecule has 1 aromatic rings. The smallest absolute Gasteiger partial charge is 0.216 e. The summed E-state index contributed by atoms with van der Waals surface area (Å²) in [6, 6.07) is 7.49. The average molecular weight is 525 g/mol. The van der Waals surface area contributed by atoms with Gasteiger partial charge < -0.3 is 10.6 Å². The first-order chi connectivity index (χ1) is 12.8. The van der Waals surface area contributed by atoms with Crippen molar-refractivity contribution in [3.8, 4) is 0 Å². The van der Waals surface area contributed by atoms with E-state index in [4.69, 9.17) is 0 Å². The number of aliphatic imine (C=N–C) groups is 1. The summed E-state index contributed by atoms with van der Waals surface area (Å²) in [5.41, 5.74) is 1.82. The molecule has 0 heterocycles. The SMILES string of the molecule is CCNC(=NCc1ccc(CS(=O)(=O)NC(C)C)cc1)NCC(CC)CC.I. The Balaban J connectivity index is 0.00000729. The van der Waals surface area contributed by atoms with Crippen LogP contribution < -0.4 is 15.4 Å². The summed E-state index contributed by atoms with van der Waals surface area (Å²) in [7, 11) is -3.30. The van der Waals surface area contributed by atoms with E-state index in [1.54, 1.807) is 0 Å². The molecule has 3 N–H and O–H groups in total. The number of hydrogen-bond acceptors (Lipinski definition) is 3. The third kappa shape index (κ3) is 11.2. The lowest BCUT2D eigenvalue weighted by molar-refractivity contribution is 0.481. The van der Waals surface area contributed by atoms with E-state index in [0.29, 0.717) is 12.5 Å². The number of rotatable bonds is 11. The van der Waals surface area contributed by atoms with E-state index in [0.717, 1.165) is 43.0 Å². The first kappa shape index (κ1) is 27.1. The molecule has 6 nitrogen and oxygen atoms in total. The van der Waals surface area contributed by atoms with E-state index >= 15 is 0 Å². The van der Waals surface area contributed by atoms with Crippen molar-refractivity contribution in [3.05, 3.63) is 35.4 Å². The van der Waals surface area contributed by atoms with Crippen molar-refractivity contribution in [2.75, 3.05) is 13.1 Å². The van der Waals surface area contributed by atoms with Gasteiger partial charge in [0.05, 0.1) is 12.3 Å². The van der Waals surface area contributed by atoms with E-state index in [-0.39, 0.29) is 35.8 Å². The topological polar surface area (TPSA) is 82.6 Å². The molecule has 0 saturated heterocycles. The first-order valence-corrected chi connectivity index (χ1v) is 11.5. The van der Waals surface area contributed by atoms with E-state index in [1.165, 1.54) is 0 Å². The van der Waals surface area contributed by atoms with Gasteiger partial charge in [-0.15, -0.1) is 24.0 Å². The number of halogens is 1.